The van der Waals surface area contributed by atoms with Crippen LogP contribution in [0.3, 0.4) is 0 Å². The highest BCUT2D eigenvalue weighted by molar-refractivity contribution is 5.98. The summed E-state index contributed by atoms with van der Waals surface area (Å²) in [6.07, 6.45) is 3.70. The number of amides is 1. The van der Waals surface area contributed by atoms with Crippen molar-refractivity contribution in [2.24, 2.45) is 5.73 Å². The molecule has 3 rings (SSSR count). The number of nitrogens with one attached hydrogen (secondary N) is 1. The fraction of sp³-hybridized carbons (Fsp3) is 0.357. The minimum Gasteiger partial charge on any atom is -0.379 e. The molecule has 1 aromatic heterocycles. The van der Waals surface area contributed by atoms with Crippen LogP contribution < -0.4 is 11.1 Å². The second-order valence-corrected chi connectivity index (χ2v) is 5.20. The van der Waals surface area contributed by atoms with Crippen LogP contribution in [0.2, 0.25) is 0 Å². The number of aromatic nitrogens is 3. The van der Waals surface area contributed by atoms with Crippen LogP contribution in [0, 0.1) is 0 Å². The number of ether oxygens (including phenoxy) is 1. The zero-order chi connectivity index (χ0) is 14.7. The van der Waals surface area contributed by atoms with Gasteiger partial charge in [0.1, 0.15) is 18.2 Å². The second kappa shape index (κ2) is 5.63. The molecular formula is C14H17N5O2. The molecule has 1 amide bonds. The number of carbonyl (C=O) groups is 1. The first kappa shape index (κ1) is 13.7. The van der Waals surface area contributed by atoms with E-state index in [1.54, 1.807) is 11.0 Å². The van der Waals surface area contributed by atoms with Crippen molar-refractivity contribution in [1.82, 2.24) is 14.8 Å². The highest BCUT2D eigenvalue weighted by Crippen LogP contribution is 2.18. The highest BCUT2D eigenvalue weighted by atomic mass is 16.5. The standard InChI is InChI=1S/C14H17N5O2/c15-14(5-6-21-8-14)13(20)18-12-3-1-11(2-4-12)7-19-10-16-9-17-19/h1-4,9-10H,5-8,15H2,(H,18,20). The first-order valence-corrected chi connectivity index (χ1v) is 6.75. The van der Waals surface area contributed by atoms with E-state index in [1.165, 1.54) is 6.33 Å². The van der Waals surface area contributed by atoms with Crippen molar-refractivity contribution in [2.45, 2.75) is 18.5 Å². The molecule has 0 saturated carbocycles. The van der Waals surface area contributed by atoms with Crippen molar-refractivity contribution in [3.05, 3.63) is 42.5 Å². The molecule has 3 N–H and O–H groups in total. The Labute approximate surface area is 122 Å². The van der Waals surface area contributed by atoms with Gasteiger partial charge in [-0.2, -0.15) is 5.10 Å². The van der Waals surface area contributed by atoms with Gasteiger partial charge >= 0.3 is 0 Å². The normalized spacial score (nSPS) is 21.4. The first-order chi connectivity index (χ1) is 10.2. The number of anilines is 1. The van der Waals surface area contributed by atoms with Gasteiger partial charge in [0.25, 0.3) is 0 Å². The van der Waals surface area contributed by atoms with E-state index in [0.29, 0.717) is 19.6 Å². The zero-order valence-corrected chi connectivity index (χ0v) is 11.5. The summed E-state index contributed by atoms with van der Waals surface area (Å²) in [5, 5.41) is 6.88. The molecule has 2 heterocycles. The van der Waals surface area contributed by atoms with Gasteiger partial charge in [-0.05, 0) is 24.1 Å². The molecule has 21 heavy (non-hydrogen) atoms. The topological polar surface area (TPSA) is 95.1 Å². The molecule has 1 unspecified atom stereocenters. The Bertz CT molecular complexity index is 603. The molecule has 1 aliphatic rings. The van der Waals surface area contributed by atoms with Gasteiger partial charge in [0, 0.05) is 12.3 Å². The Balaban J connectivity index is 1.63. The van der Waals surface area contributed by atoms with Gasteiger partial charge < -0.3 is 15.8 Å². The van der Waals surface area contributed by atoms with Crippen LogP contribution in [0.4, 0.5) is 5.69 Å². The molecule has 1 aliphatic heterocycles. The van der Waals surface area contributed by atoms with Crippen LogP contribution in [0.1, 0.15) is 12.0 Å². The van der Waals surface area contributed by atoms with E-state index in [4.69, 9.17) is 10.5 Å². The lowest BCUT2D eigenvalue weighted by Gasteiger charge is -2.20. The predicted molar refractivity (Wildman–Crippen MR) is 76.6 cm³/mol. The van der Waals surface area contributed by atoms with E-state index in [2.05, 4.69) is 15.4 Å². The Kier molecular flexibility index (Phi) is 3.68. The first-order valence-electron chi connectivity index (χ1n) is 6.75. The smallest absolute Gasteiger partial charge is 0.246 e. The van der Waals surface area contributed by atoms with E-state index in [9.17, 15) is 4.79 Å². The van der Waals surface area contributed by atoms with Gasteiger partial charge in [0.2, 0.25) is 5.91 Å². The highest BCUT2D eigenvalue weighted by Gasteiger charge is 2.38. The summed E-state index contributed by atoms with van der Waals surface area (Å²) in [5.41, 5.74) is 6.89. The maximum atomic E-state index is 12.1. The summed E-state index contributed by atoms with van der Waals surface area (Å²) < 4.78 is 6.93. The zero-order valence-electron chi connectivity index (χ0n) is 11.5. The molecule has 0 aliphatic carbocycles. The molecular weight excluding hydrogens is 270 g/mol. The molecule has 1 fully saturated rings. The molecule has 110 valence electrons. The van der Waals surface area contributed by atoms with Crippen LogP contribution in [0.5, 0.6) is 0 Å². The number of hydrogen-bond acceptors (Lipinski definition) is 5. The van der Waals surface area contributed by atoms with Crippen molar-refractivity contribution in [2.75, 3.05) is 18.5 Å². The lowest BCUT2D eigenvalue weighted by Crippen LogP contribution is -2.51. The van der Waals surface area contributed by atoms with Crippen molar-refractivity contribution in [3.63, 3.8) is 0 Å². The molecule has 7 heteroatoms. The SMILES string of the molecule is NC1(C(=O)Nc2ccc(Cn3cncn3)cc2)CCOC1. The summed E-state index contributed by atoms with van der Waals surface area (Å²) in [5.74, 6) is -0.205. The van der Waals surface area contributed by atoms with Crippen molar-refractivity contribution < 1.29 is 9.53 Å². The van der Waals surface area contributed by atoms with Crippen molar-refractivity contribution in [1.29, 1.82) is 0 Å². The Morgan fingerprint density at radius 2 is 2.24 bits per heavy atom. The third-order valence-electron chi connectivity index (χ3n) is 3.53. The molecule has 7 nitrogen and oxygen atoms in total. The summed E-state index contributed by atoms with van der Waals surface area (Å²) in [4.78, 5) is 16.0. The minimum absolute atomic E-state index is 0.205. The van der Waals surface area contributed by atoms with Gasteiger partial charge in [-0.3, -0.25) is 4.79 Å². The summed E-state index contributed by atoms with van der Waals surface area (Å²) in [6.45, 7) is 1.44. The fourth-order valence-electron chi connectivity index (χ4n) is 2.21. The average molecular weight is 287 g/mol. The monoisotopic (exact) mass is 287 g/mol. The largest absolute Gasteiger partial charge is 0.379 e. The third kappa shape index (κ3) is 3.09. The van der Waals surface area contributed by atoms with Gasteiger partial charge in [-0.25, -0.2) is 9.67 Å². The van der Waals surface area contributed by atoms with E-state index in [1.807, 2.05) is 24.3 Å². The van der Waals surface area contributed by atoms with E-state index in [0.717, 1.165) is 11.3 Å². The maximum absolute atomic E-state index is 12.1. The number of carbonyl (C=O) groups excluding carboxylic acids is 1. The van der Waals surface area contributed by atoms with Gasteiger partial charge in [0.05, 0.1) is 13.2 Å². The molecule has 0 bridgehead atoms. The number of rotatable bonds is 4. The Morgan fingerprint density at radius 1 is 1.43 bits per heavy atom. The lowest BCUT2D eigenvalue weighted by molar-refractivity contribution is -0.121. The third-order valence-corrected chi connectivity index (χ3v) is 3.53. The molecule has 2 aromatic rings. The molecule has 0 radical (unpaired) electrons. The maximum Gasteiger partial charge on any atom is 0.246 e. The van der Waals surface area contributed by atoms with Crippen LogP contribution >= 0.6 is 0 Å². The summed E-state index contributed by atoms with van der Waals surface area (Å²) in [6, 6.07) is 7.57. The van der Waals surface area contributed by atoms with Gasteiger partial charge in [-0.1, -0.05) is 12.1 Å². The second-order valence-electron chi connectivity index (χ2n) is 5.20. The predicted octanol–water partition coefficient (Wildman–Crippen LogP) is 0.383. The van der Waals surface area contributed by atoms with Crippen LogP contribution in [0.15, 0.2) is 36.9 Å². The van der Waals surface area contributed by atoms with Gasteiger partial charge in [-0.15, -0.1) is 0 Å². The summed E-state index contributed by atoms with van der Waals surface area (Å²) in [7, 11) is 0. The Hall–Kier alpha value is -2.25. The van der Waals surface area contributed by atoms with E-state index >= 15 is 0 Å². The van der Waals surface area contributed by atoms with Gasteiger partial charge in [0.15, 0.2) is 0 Å². The average Bonchev–Trinajstić information content (AvgIpc) is 3.13. The number of nitrogens with zero attached hydrogens (tertiary/aromatic N) is 3. The van der Waals surface area contributed by atoms with Crippen LogP contribution in [-0.2, 0) is 16.1 Å². The minimum atomic E-state index is -0.917. The quantitative estimate of drug-likeness (QED) is 0.848. The molecule has 1 atom stereocenters. The van der Waals surface area contributed by atoms with Crippen LogP contribution in [0.25, 0.3) is 0 Å². The molecule has 1 saturated heterocycles. The van der Waals surface area contributed by atoms with Crippen LogP contribution in [-0.4, -0.2) is 39.4 Å². The Morgan fingerprint density at radius 3 is 2.86 bits per heavy atom. The number of benzene rings is 1. The van der Waals surface area contributed by atoms with E-state index in [-0.39, 0.29) is 12.5 Å². The molecule has 1 aromatic carbocycles. The van der Waals surface area contributed by atoms with Crippen molar-refractivity contribution in [3.8, 4) is 0 Å². The van der Waals surface area contributed by atoms with E-state index < -0.39 is 5.54 Å². The number of nitrogens with two attached hydrogens (primary N) is 1. The fourth-order valence-corrected chi connectivity index (χ4v) is 2.21. The molecule has 0 spiro atoms. The summed E-state index contributed by atoms with van der Waals surface area (Å²) >= 11 is 0. The number of hydrogen-bond donors (Lipinski definition) is 2. The lowest BCUT2D eigenvalue weighted by atomic mass is 9.99. The van der Waals surface area contributed by atoms with Crippen molar-refractivity contribution >= 4 is 11.6 Å².